The minimum atomic E-state index is 0.457. The highest BCUT2D eigenvalue weighted by atomic mass is 32.1. The van der Waals surface area contributed by atoms with Crippen LogP contribution in [0.3, 0.4) is 0 Å². The zero-order valence-corrected chi connectivity index (χ0v) is 10.3. The summed E-state index contributed by atoms with van der Waals surface area (Å²) >= 11 is 1.74. The summed E-state index contributed by atoms with van der Waals surface area (Å²) in [7, 11) is 0. The predicted octanol–water partition coefficient (Wildman–Crippen LogP) is 2.15. The molecule has 1 aromatic heterocycles. The lowest BCUT2D eigenvalue weighted by molar-refractivity contribution is -0.123. The third kappa shape index (κ3) is 1.80. The minimum Gasteiger partial charge on any atom is -0.300 e. The van der Waals surface area contributed by atoms with Gasteiger partial charge in [0.1, 0.15) is 10.8 Å². The molecule has 0 N–H and O–H groups in total. The Morgan fingerprint density at radius 3 is 2.69 bits per heavy atom. The van der Waals surface area contributed by atoms with Crippen molar-refractivity contribution >= 4 is 17.1 Å². The van der Waals surface area contributed by atoms with Crippen molar-refractivity contribution in [3.8, 4) is 0 Å². The van der Waals surface area contributed by atoms with Gasteiger partial charge in [0.05, 0.1) is 6.54 Å². The number of nitrogens with zero attached hydrogens (tertiary/aromatic N) is 2. The molecular weight excluding hydrogens is 220 g/mol. The highest BCUT2D eigenvalue weighted by Crippen LogP contribution is 2.35. The van der Waals surface area contributed by atoms with Gasteiger partial charge in [-0.2, -0.15) is 0 Å². The summed E-state index contributed by atoms with van der Waals surface area (Å²) in [4.78, 5) is 18.5. The number of hydrogen-bond acceptors (Lipinski definition) is 4. The van der Waals surface area contributed by atoms with Crippen molar-refractivity contribution in [3.63, 3.8) is 0 Å². The van der Waals surface area contributed by atoms with E-state index in [0.29, 0.717) is 17.9 Å². The van der Waals surface area contributed by atoms with Gasteiger partial charge in [-0.3, -0.25) is 9.69 Å². The molecule has 3 rings (SSSR count). The Kier molecular flexibility index (Phi) is 2.56. The molecule has 0 radical (unpaired) electrons. The summed E-state index contributed by atoms with van der Waals surface area (Å²) in [5.74, 6) is 0.457. The molecule has 2 aliphatic heterocycles. The van der Waals surface area contributed by atoms with E-state index in [2.05, 4.69) is 15.3 Å². The topological polar surface area (TPSA) is 33.2 Å². The lowest BCUT2D eigenvalue weighted by Gasteiger charge is -2.33. The molecule has 0 saturated carbocycles. The second-order valence-corrected chi connectivity index (χ2v) is 5.83. The number of Topliss-reactive ketones (excluding diaryl/α,β-unsaturated/α-hetero) is 1. The van der Waals surface area contributed by atoms with Crippen LogP contribution in [-0.4, -0.2) is 27.8 Å². The molecule has 1 aromatic rings. The summed E-state index contributed by atoms with van der Waals surface area (Å²) in [5.41, 5.74) is 1.11. The Morgan fingerprint density at radius 2 is 2.12 bits per heavy atom. The Balaban J connectivity index is 1.74. The summed E-state index contributed by atoms with van der Waals surface area (Å²) in [6.45, 7) is 2.98. The van der Waals surface area contributed by atoms with E-state index in [-0.39, 0.29) is 0 Å². The Hall–Kier alpha value is -0.740. The van der Waals surface area contributed by atoms with Crippen LogP contribution in [0.4, 0.5) is 0 Å². The lowest BCUT2D eigenvalue weighted by atomic mass is 10.0. The third-order valence-electron chi connectivity index (χ3n) is 3.68. The van der Waals surface area contributed by atoms with Gasteiger partial charge in [0.15, 0.2) is 0 Å². The van der Waals surface area contributed by atoms with Gasteiger partial charge < -0.3 is 0 Å². The van der Waals surface area contributed by atoms with Gasteiger partial charge in [-0.05, 0) is 19.8 Å². The molecular formula is C12H16N2OS. The standard InChI is InChI=1S/C12H16N2OS/c1-8-7-16-12(13-8)6-14-9-2-3-10(14)5-11(15)4-9/h7,9-10H,2-6H2,1H3. The second-order valence-electron chi connectivity index (χ2n) is 4.89. The fourth-order valence-electron chi connectivity index (χ4n) is 2.95. The molecule has 0 amide bonds. The normalized spacial score (nSPS) is 29.9. The van der Waals surface area contributed by atoms with Crippen LogP contribution < -0.4 is 0 Å². The van der Waals surface area contributed by atoms with Crippen LogP contribution in [0.25, 0.3) is 0 Å². The first-order valence-corrected chi connectivity index (χ1v) is 6.79. The van der Waals surface area contributed by atoms with Crippen LogP contribution in [0, 0.1) is 6.92 Å². The van der Waals surface area contributed by atoms with Crippen LogP contribution in [0.2, 0.25) is 0 Å². The average molecular weight is 236 g/mol. The lowest BCUT2D eigenvalue weighted by Crippen LogP contribution is -2.42. The van der Waals surface area contributed by atoms with Crippen LogP contribution in [0.1, 0.15) is 36.4 Å². The van der Waals surface area contributed by atoms with Crippen molar-refractivity contribution in [1.29, 1.82) is 0 Å². The number of fused-ring (bicyclic) bond motifs is 2. The molecule has 0 aromatic carbocycles. The third-order valence-corrected chi connectivity index (χ3v) is 4.63. The Bertz CT molecular complexity index is 399. The van der Waals surface area contributed by atoms with Crippen LogP contribution in [0.15, 0.2) is 5.38 Å². The molecule has 2 unspecified atom stereocenters. The van der Waals surface area contributed by atoms with Crippen molar-refractivity contribution < 1.29 is 4.79 Å². The van der Waals surface area contributed by atoms with Gasteiger partial charge in [0, 0.05) is 36.0 Å². The van der Waals surface area contributed by atoms with E-state index in [1.54, 1.807) is 11.3 Å². The molecule has 16 heavy (non-hydrogen) atoms. The molecule has 3 nitrogen and oxygen atoms in total. The molecule has 4 heteroatoms. The van der Waals surface area contributed by atoms with Crippen molar-refractivity contribution in [1.82, 2.24) is 9.88 Å². The number of carbonyl (C=O) groups excluding carboxylic acids is 1. The number of aromatic nitrogens is 1. The zero-order chi connectivity index (χ0) is 11.1. The van der Waals surface area contributed by atoms with Gasteiger partial charge in [-0.15, -0.1) is 11.3 Å². The maximum atomic E-state index is 11.5. The molecule has 2 fully saturated rings. The van der Waals surface area contributed by atoms with E-state index in [1.165, 1.54) is 17.8 Å². The number of piperidine rings is 1. The van der Waals surface area contributed by atoms with Gasteiger partial charge in [0.25, 0.3) is 0 Å². The first-order valence-electron chi connectivity index (χ1n) is 5.91. The first kappa shape index (κ1) is 10.4. The van der Waals surface area contributed by atoms with Gasteiger partial charge in [-0.1, -0.05) is 0 Å². The van der Waals surface area contributed by atoms with Crippen LogP contribution >= 0.6 is 11.3 Å². The summed E-state index contributed by atoms with van der Waals surface area (Å²) in [6, 6.07) is 0.992. The quantitative estimate of drug-likeness (QED) is 0.789. The predicted molar refractivity (Wildman–Crippen MR) is 63.4 cm³/mol. The van der Waals surface area contributed by atoms with Crippen LogP contribution in [-0.2, 0) is 11.3 Å². The molecule has 3 heterocycles. The SMILES string of the molecule is Cc1csc(CN2C3CCC2CC(=O)C3)n1. The van der Waals surface area contributed by atoms with Crippen molar-refractivity contribution in [3.05, 3.63) is 16.1 Å². The number of rotatable bonds is 2. The molecule has 2 saturated heterocycles. The monoisotopic (exact) mass is 236 g/mol. The number of aryl methyl sites for hydroxylation is 1. The van der Waals surface area contributed by atoms with Crippen molar-refractivity contribution in [2.75, 3.05) is 0 Å². The van der Waals surface area contributed by atoms with Crippen molar-refractivity contribution in [2.45, 2.75) is 51.2 Å². The fourth-order valence-corrected chi connectivity index (χ4v) is 3.73. The molecule has 2 bridgehead atoms. The van der Waals surface area contributed by atoms with Gasteiger partial charge in [0.2, 0.25) is 0 Å². The summed E-state index contributed by atoms with van der Waals surface area (Å²) in [6.07, 6.45) is 3.92. The maximum Gasteiger partial charge on any atom is 0.136 e. The Morgan fingerprint density at radius 1 is 1.44 bits per heavy atom. The smallest absolute Gasteiger partial charge is 0.136 e. The molecule has 86 valence electrons. The first-order chi connectivity index (χ1) is 7.72. The summed E-state index contributed by atoms with van der Waals surface area (Å²) < 4.78 is 0. The van der Waals surface area contributed by atoms with Crippen molar-refractivity contribution in [2.24, 2.45) is 0 Å². The molecule has 2 atom stereocenters. The zero-order valence-electron chi connectivity index (χ0n) is 9.48. The van der Waals surface area contributed by atoms with E-state index >= 15 is 0 Å². The largest absolute Gasteiger partial charge is 0.300 e. The highest BCUT2D eigenvalue weighted by molar-refractivity contribution is 7.09. The number of carbonyl (C=O) groups is 1. The number of thiazole rings is 1. The fraction of sp³-hybridized carbons (Fsp3) is 0.667. The molecule has 0 spiro atoms. The second kappa shape index (κ2) is 3.93. The molecule has 0 aliphatic carbocycles. The molecule has 2 aliphatic rings. The maximum absolute atomic E-state index is 11.5. The number of ketones is 1. The Labute approximate surface area is 99.5 Å². The number of hydrogen-bond donors (Lipinski definition) is 0. The minimum absolute atomic E-state index is 0.457. The van der Waals surface area contributed by atoms with E-state index in [0.717, 1.165) is 25.1 Å². The van der Waals surface area contributed by atoms with Gasteiger partial charge >= 0.3 is 0 Å². The van der Waals surface area contributed by atoms with E-state index in [4.69, 9.17) is 0 Å². The van der Waals surface area contributed by atoms with E-state index in [9.17, 15) is 4.79 Å². The highest BCUT2D eigenvalue weighted by Gasteiger charge is 2.40. The van der Waals surface area contributed by atoms with E-state index < -0.39 is 0 Å². The van der Waals surface area contributed by atoms with Crippen LogP contribution in [0.5, 0.6) is 0 Å². The average Bonchev–Trinajstić information content (AvgIpc) is 2.72. The summed E-state index contributed by atoms with van der Waals surface area (Å²) in [5, 5.41) is 3.30. The van der Waals surface area contributed by atoms with Gasteiger partial charge in [-0.25, -0.2) is 4.98 Å². The van der Waals surface area contributed by atoms with E-state index in [1.807, 2.05) is 6.92 Å².